The van der Waals surface area contributed by atoms with E-state index >= 15 is 0 Å². The maximum atomic E-state index is 11.9. The molecule has 2 rings (SSSR count). The second kappa shape index (κ2) is 4.14. The first-order chi connectivity index (χ1) is 7.63. The van der Waals surface area contributed by atoms with E-state index < -0.39 is 6.04 Å². The van der Waals surface area contributed by atoms with Gasteiger partial charge in [-0.3, -0.25) is 4.79 Å². The van der Waals surface area contributed by atoms with E-state index in [1.165, 1.54) is 0 Å². The Hall–Kier alpha value is -1.55. The summed E-state index contributed by atoms with van der Waals surface area (Å²) in [6, 6.07) is 5.39. The first-order valence-electron chi connectivity index (χ1n) is 5.33. The van der Waals surface area contributed by atoms with Crippen molar-refractivity contribution in [3.05, 3.63) is 23.8 Å². The van der Waals surface area contributed by atoms with Crippen LogP contribution in [0.4, 0.5) is 5.69 Å². The predicted molar refractivity (Wildman–Crippen MR) is 62.7 cm³/mol. The number of nitrogens with two attached hydrogens (primary N) is 1. The average Bonchev–Trinajstić information content (AvgIpc) is 2.42. The van der Waals surface area contributed by atoms with Crippen molar-refractivity contribution in [2.45, 2.75) is 18.9 Å². The molecular weight excluding hydrogens is 204 g/mol. The minimum absolute atomic E-state index is 0.0352. The molecule has 0 aromatic heterocycles. The van der Waals surface area contributed by atoms with Crippen molar-refractivity contribution < 1.29 is 9.53 Å². The number of anilines is 1. The smallest absolute Gasteiger partial charge is 0.243 e. The summed E-state index contributed by atoms with van der Waals surface area (Å²) in [6.07, 6.45) is 1.53. The molecule has 1 aliphatic heterocycles. The average molecular weight is 220 g/mol. The largest absolute Gasteiger partial charge is 0.497 e. The van der Waals surface area contributed by atoms with Crippen LogP contribution in [0.1, 0.15) is 12.0 Å². The molecule has 0 saturated carbocycles. The summed E-state index contributed by atoms with van der Waals surface area (Å²) in [5.41, 5.74) is 7.84. The lowest BCUT2D eigenvalue weighted by Crippen LogP contribution is -2.40. The Morgan fingerprint density at radius 3 is 2.94 bits per heavy atom. The first kappa shape index (κ1) is 11.0. The molecule has 0 spiro atoms. The maximum absolute atomic E-state index is 11.9. The van der Waals surface area contributed by atoms with Gasteiger partial charge in [0, 0.05) is 13.1 Å². The zero-order chi connectivity index (χ0) is 11.7. The van der Waals surface area contributed by atoms with E-state index in [0.717, 1.165) is 23.4 Å². The van der Waals surface area contributed by atoms with E-state index in [4.69, 9.17) is 10.5 Å². The number of hydrogen-bond acceptors (Lipinski definition) is 3. The van der Waals surface area contributed by atoms with E-state index in [2.05, 4.69) is 0 Å². The fourth-order valence-corrected chi connectivity index (χ4v) is 2.00. The fraction of sp³-hybridized carbons (Fsp3) is 0.417. The SMILES string of the molecule is COc1ccc2c(c1)N(C)C(=O)C(N)CC2. The molecule has 0 saturated heterocycles. The van der Waals surface area contributed by atoms with Crippen LogP contribution < -0.4 is 15.4 Å². The van der Waals surface area contributed by atoms with Crippen molar-refractivity contribution in [1.82, 2.24) is 0 Å². The summed E-state index contributed by atoms with van der Waals surface area (Å²) in [4.78, 5) is 13.5. The van der Waals surface area contributed by atoms with Crippen molar-refractivity contribution in [3.63, 3.8) is 0 Å². The topological polar surface area (TPSA) is 55.6 Å². The molecule has 1 atom stereocenters. The maximum Gasteiger partial charge on any atom is 0.243 e. The highest BCUT2D eigenvalue weighted by atomic mass is 16.5. The van der Waals surface area contributed by atoms with Crippen LogP contribution in [0.25, 0.3) is 0 Å². The van der Waals surface area contributed by atoms with Gasteiger partial charge in [0.2, 0.25) is 5.91 Å². The van der Waals surface area contributed by atoms with E-state index in [9.17, 15) is 4.79 Å². The molecule has 86 valence electrons. The van der Waals surface area contributed by atoms with E-state index in [-0.39, 0.29) is 5.91 Å². The third-order valence-electron chi connectivity index (χ3n) is 3.03. The van der Waals surface area contributed by atoms with Gasteiger partial charge in [0.05, 0.1) is 18.8 Å². The molecule has 16 heavy (non-hydrogen) atoms. The molecule has 1 aromatic carbocycles. The summed E-state index contributed by atoms with van der Waals surface area (Å²) >= 11 is 0. The molecule has 4 nitrogen and oxygen atoms in total. The lowest BCUT2D eigenvalue weighted by atomic mass is 10.1. The van der Waals surface area contributed by atoms with Gasteiger partial charge in [-0.15, -0.1) is 0 Å². The zero-order valence-corrected chi connectivity index (χ0v) is 9.56. The molecule has 1 aromatic rings. The third-order valence-corrected chi connectivity index (χ3v) is 3.03. The van der Waals surface area contributed by atoms with Crippen LogP contribution in [0, 0.1) is 0 Å². The van der Waals surface area contributed by atoms with Crippen LogP contribution in [0.3, 0.4) is 0 Å². The number of fused-ring (bicyclic) bond motifs is 1. The van der Waals surface area contributed by atoms with Crippen LogP contribution >= 0.6 is 0 Å². The lowest BCUT2D eigenvalue weighted by Gasteiger charge is -2.19. The summed E-state index contributed by atoms with van der Waals surface area (Å²) in [7, 11) is 3.37. The molecule has 1 heterocycles. The highest BCUT2D eigenvalue weighted by Gasteiger charge is 2.25. The summed E-state index contributed by atoms with van der Waals surface area (Å²) in [5, 5.41) is 0. The van der Waals surface area contributed by atoms with E-state index in [1.54, 1.807) is 19.1 Å². The molecule has 0 bridgehead atoms. The van der Waals surface area contributed by atoms with Gasteiger partial charge in [0.25, 0.3) is 0 Å². The number of amides is 1. The summed E-state index contributed by atoms with van der Waals surface area (Å²) in [5.74, 6) is 0.723. The van der Waals surface area contributed by atoms with Gasteiger partial charge in [-0.05, 0) is 24.5 Å². The predicted octanol–water partition coefficient (Wildman–Crippen LogP) is 0.931. The molecule has 0 aliphatic carbocycles. The van der Waals surface area contributed by atoms with Gasteiger partial charge < -0.3 is 15.4 Å². The van der Waals surface area contributed by atoms with Crippen LogP contribution in [-0.2, 0) is 11.2 Å². The summed E-state index contributed by atoms with van der Waals surface area (Å²) < 4.78 is 5.16. The molecule has 2 N–H and O–H groups in total. The van der Waals surface area contributed by atoms with Crippen molar-refractivity contribution in [1.29, 1.82) is 0 Å². The van der Waals surface area contributed by atoms with Gasteiger partial charge in [-0.1, -0.05) is 6.07 Å². The molecule has 1 unspecified atom stereocenters. The number of likely N-dealkylation sites (N-methyl/N-ethyl adjacent to an activating group) is 1. The highest BCUT2D eigenvalue weighted by Crippen LogP contribution is 2.29. The second-order valence-electron chi connectivity index (χ2n) is 4.04. The number of ether oxygens (including phenoxy) is 1. The second-order valence-corrected chi connectivity index (χ2v) is 4.04. The van der Waals surface area contributed by atoms with Crippen molar-refractivity contribution in [2.24, 2.45) is 5.73 Å². The van der Waals surface area contributed by atoms with Crippen molar-refractivity contribution in [2.75, 3.05) is 19.1 Å². The number of carbonyl (C=O) groups excluding carboxylic acids is 1. The monoisotopic (exact) mass is 220 g/mol. The van der Waals surface area contributed by atoms with Crippen LogP contribution in [0.5, 0.6) is 5.75 Å². The van der Waals surface area contributed by atoms with Crippen LogP contribution in [0.15, 0.2) is 18.2 Å². The van der Waals surface area contributed by atoms with Crippen LogP contribution in [0.2, 0.25) is 0 Å². The number of aryl methyl sites for hydroxylation is 1. The highest BCUT2D eigenvalue weighted by molar-refractivity contribution is 5.98. The summed E-state index contributed by atoms with van der Waals surface area (Å²) in [6.45, 7) is 0. The molecule has 1 amide bonds. The number of methoxy groups -OCH3 is 1. The number of carbonyl (C=O) groups is 1. The number of benzene rings is 1. The Balaban J connectivity index is 2.45. The minimum Gasteiger partial charge on any atom is -0.497 e. The Labute approximate surface area is 95.0 Å². The minimum atomic E-state index is -0.400. The van der Waals surface area contributed by atoms with Gasteiger partial charge in [-0.2, -0.15) is 0 Å². The zero-order valence-electron chi connectivity index (χ0n) is 9.56. The van der Waals surface area contributed by atoms with Gasteiger partial charge in [-0.25, -0.2) is 0 Å². The normalized spacial score (nSPS) is 20.3. The number of rotatable bonds is 1. The third kappa shape index (κ3) is 1.76. The fourth-order valence-electron chi connectivity index (χ4n) is 2.00. The van der Waals surface area contributed by atoms with E-state index in [0.29, 0.717) is 6.42 Å². The molecule has 0 radical (unpaired) electrons. The number of hydrogen-bond donors (Lipinski definition) is 1. The molecule has 1 aliphatic rings. The Morgan fingerprint density at radius 2 is 2.25 bits per heavy atom. The molecule has 0 fully saturated rings. The molecular formula is C12H16N2O2. The Bertz CT molecular complexity index is 417. The number of nitrogens with zero attached hydrogens (tertiary/aromatic N) is 1. The van der Waals surface area contributed by atoms with Gasteiger partial charge >= 0.3 is 0 Å². The van der Waals surface area contributed by atoms with Crippen molar-refractivity contribution in [3.8, 4) is 5.75 Å². The lowest BCUT2D eigenvalue weighted by molar-refractivity contribution is -0.119. The Kier molecular flexibility index (Phi) is 2.83. The Morgan fingerprint density at radius 1 is 1.50 bits per heavy atom. The van der Waals surface area contributed by atoms with Gasteiger partial charge in [0.1, 0.15) is 5.75 Å². The standard InChI is InChI=1S/C12H16N2O2/c1-14-11-7-9(16-2)5-3-8(11)4-6-10(13)12(14)15/h3,5,7,10H,4,6,13H2,1-2H3. The van der Waals surface area contributed by atoms with Gasteiger partial charge in [0.15, 0.2) is 0 Å². The first-order valence-corrected chi connectivity index (χ1v) is 5.33. The molecule has 4 heteroatoms. The quantitative estimate of drug-likeness (QED) is 0.766. The van der Waals surface area contributed by atoms with E-state index in [1.807, 2.05) is 18.2 Å². The van der Waals surface area contributed by atoms with Crippen molar-refractivity contribution >= 4 is 11.6 Å². The van der Waals surface area contributed by atoms with Crippen LogP contribution in [-0.4, -0.2) is 26.1 Å².